The molecule has 1 amide bonds. The number of hydrogen-bond acceptors (Lipinski definition) is 3. The van der Waals surface area contributed by atoms with E-state index in [1.165, 1.54) is 141 Å². The molecule has 0 fully saturated rings. The maximum Gasteiger partial charge on any atom is 0.237 e. The summed E-state index contributed by atoms with van der Waals surface area (Å²) in [5, 5.41) is 3.37. The van der Waals surface area contributed by atoms with Crippen molar-refractivity contribution < 1.29 is 4.79 Å². The fraction of sp³-hybridized carbons (Fsp3) is 0.800. The van der Waals surface area contributed by atoms with Crippen LogP contribution in [0, 0.1) is 0 Å². The Labute approximate surface area is 307 Å². The van der Waals surface area contributed by atoms with Crippen LogP contribution in [-0.2, 0) is 4.79 Å². The Kier molecular flexibility index (Phi) is 37.8. The average molecular weight is 684 g/mol. The zero-order chi connectivity index (χ0) is 35.9. The van der Waals surface area contributed by atoms with Gasteiger partial charge in [0.05, 0.1) is 6.04 Å². The summed E-state index contributed by atoms with van der Waals surface area (Å²) in [5.74, 6) is 0.0647. The predicted molar refractivity (Wildman–Crippen MR) is 220 cm³/mol. The van der Waals surface area contributed by atoms with E-state index in [0.29, 0.717) is 0 Å². The third-order valence-electron chi connectivity index (χ3n) is 9.56. The van der Waals surface area contributed by atoms with E-state index in [-0.39, 0.29) is 18.0 Å². The fourth-order valence-electron chi connectivity index (χ4n) is 6.28. The Bertz CT molecular complexity index is 751. The van der Waals surface area contributed by atoms with Gasteiger partial charge in [-0.05, 0) is 111 Å². The van der Waals surface area contributed by atoms with Gasteiger partial charge < -0.3 is 16.0 Å². The van der Waals surface area contributed by atoms with Gasteiger partial charge in [0.2, 0.25) is 5.91 Å². The normalized spacial score (nSPS) is 13.0. The first-order valence-electron chi connectivity index (χ1n) is 21.3. The first-order chi connectivity index (χ1) is 24.0. The second kappa shape index (κ2) is 39.1. The third kappa shape index (κ3) is 37.4. The van der Waals surface area contributed by atoms with Crippen LogP contribution in [0.5, 0.6) is 0 Å². The summed E-state index contributed by atoms with van der Waals surface area (Å²) < 4.78 is 0. The lowest BCUT2D eigenvalue weighted by molar-refractivity contribution is -0.123. The molecule has 0 aliphatic heterocycles. The molecular weight excluding hydrogens is 599 g/mol. The fourth-order valence-corrected chi connectivity index (χ4v) is 6.28. The highest BCUT2D eigenvalue weighted by molar-refractivity contribution is 5.81. The Morgan fingerprint density at radius 3 is 1.29 bits per heavy atom. The number of hydrogen-bond donors (Lipinski definition) is 2. The summed E-state index contributed by atoms with van der Waals surface area (Å²) >= 11 is 0. The van der Waals surface area contributed by atoms with Gasteiger partial charge in [0, 0.05) is 6.04 Å². The van der Waals surface area contributed by atoms with Crippen molar-refractivity contribution in [1.82, 2.24) is 10.2 Å². The van der Waals surface area contributed by atoms with E-state index in [4.69, 9.17) is 5.73 Å². The molecule has 49 heavy (non-hydrogen) atoms. The smallest absolute Gasteiger partial charge is 0.237 e. The quantitative estimate of drug-likeness (QED) is 0.0506. The van der Waals surface area contributed by atoms with Crippen molar-refractivity contribution in [2.24, 2.45) is 5.73 Å². The summed E-state index contributed by atoms with van der Waals surface area (Å²) in [6.45, 7) is 5.58. The topological polar surface area (TPSA) is 58.4 Å². The van der Waals surface area contributed by atoms with E-state index in [0.717, 1.165) is 51.5 Å². The van der Waals surface area contributed by atoms with Crippen molar-refractivity contribution in [2.45, 2.75) is 212 Å². The summed E-state index contributed by atoms with van der Waals surface area (Å²) in [6.07, 6.45) is 54.3. The van der Waals surface area contributed by atoms with Crippen molar-refractivity contribution >= 4 is 5.91 Å². The number of allylic oxidation sites excluding steroid dienone is 8. The molecule has 4 heteroatoms. The van der Waals surface area contributed by atoms with E-state index >= 15 is 0 Å². The first kappa shape index (κ1) is 47.4. The second-order valence-electron chi connectivity index (χ2n) is 14.9. The standard InChI is InChI=1S/C45H85N3O/c1-5-7-9-11-13-15-17-19-21-23-25-27-29-31-33-35-39-43(47-45(49)44(46)41-37-38-42-48(3)4)40-36-34-32-30-28-26-24-22-20-18-16-14-12-10-8-6-2/h13-16,19-22,43-44H,5-12,17-18,23-42,46H2,1-4H3,(H,47,49)/b15-13-,16-14-,21-19-,22-20-. The minimum absolute atomic E-state index is 0.0647. The zero-order valence-electron chi connectivity index (χ0n) is 33.4. The van der Waals surface area contributed by atoms with E-state index in [9.17, 15) is 4.79 Å². The van der Waals surface area contributed by atoms with Gasteiger partial charge in [-0.15, -0.1) is 0 Å². The number of carbonyl (C=O) groups excluding carboxylic acids is 1. The molecule has 0 aliphatic carbocycles. The summed E-state index contributed by atoms with van der Waals surface area (Å²) in [6, 6.07) is -0.103. The molecule has 0 aromatic heterocycles. The molecule has 0 spiro atoms. The Morgan fingerprint density at radius 2 is 0.878 bits per heavy atom. The van der Waals surface area contributed by atoms with Gasteiger partial charge in [-0.2, -0.15) is 0 Å². The summed E-state index contributed by atoms with van der Waals surface area (Å²) in [7, 11) is 4.19. The Balaban J connectivity index is 4.21. The predicted octanol–water partition coefficient (Wildman–Crippen LogP) is 12.9. The maximum absolute atomic E-state index is 13.0. The monoisotopic (exact) mass is 684 g/mol. The number of nitrogens with two attached hydrogens (primary N) is 1. The molecule has 0 rings (SSSR count). The maximum atomic E-state index is 13.0. The molecule has 1 unspecified atom stereocenters. The highest BCUT2D eigenvalue weighted by Gasteiger charge is 2.17. The lowest BCUT2D eigenvalue weighted by Crippen LogP contribution is -2.45. The second-order valence-corrected chi connectivity index (χ2v) is 14.9. The number of carbonyl (C=O) groups is 1. The summed E-state index contributed by atoms with van der Waals surface area (Å²) in [5.41, 5.74) is 6.32. The van der Waals surface area contributed by atoms with Crippen LogP contribution < -0.4 is 11.1 Å². The number of nitrogens with zero attached hydrogens (tertiary/aromatic N) is 1. The zero-order valence-corrected chi connectivity index (χ0v) is 33.4. The van der Waals surface area contributed by atoms with E-state index in [2.05, 4.69) is 86.8 Å². The van der Waals surface area contributed by atoms with Gasteiger partial charge in [0.15, 0.2) is 0 Å². The van der Waals surface area contributed by atoms with Crippen molar-refractivity contribution in [1.29, 1.82) is 0 Å². The molecule has 0 saturated heterocycles. The van der Waals surface area contributed by atoms with Gasteiger partial charge in [-0.25, -0.2) is 0 Å². The van der Waals surface area contributed by atoms with Crippen LogP contribution in [0.2, 0.25) is 0 Å². The molecule has 0 saturated carbocycles. The number of unbranched alkanes of at least 4 members (excludes halogenated alkanes) is 19. The van der Waals surface area contributed by atoms with Gasteiger partial charge in [0.1, 0.15) is 0 Å². The molecule has 0 aromatic rings. The van der Waals surface area contributed by atoms with Crippen LogP contribution in [0.1, 0.15) is 200 Å². The van der Waals surface area contributed by atoms with Crippen molar-refractivity contribution in [3.8, 4) is 0 Å². The molecule has 0 heterocycles. The molecule has 0 aromatic carbocycles. The van der Waals surface area contributed by atoms with Crippen LogP contribution in [0.4, 0.5) is 0 Å². The number of rotatable bonds is 37. The van der Waals surface area contributed by atoms with E-state index < -0.39 is 0 Å². The minimum Gasteiger partial charge on any atom is -0.352 e. The number of nitrogens with one attached hydrogen (secondary N) is 1. The Morgan fingerprint density at radius 1 is 0.510 bits per heavy atom. The molecule has 0 aliphatic rings. The van der Waals surface area contributed by atoms with Crippen LogP contribution in [0.3, 0.4) is 0 Å². The van der Waals surface area contributed by atoms with Gasteiger partial charge >= 0.3 is 0 Å². The third-order valence-corrected chi connectivity index (χ3v) is 9.56. The van der Waals surface area contributed by atoms with E-state index in [1.54, 1.807) is 0 Å². The van der Waals surface area contributed by atoms with Crippen LogP contribution in [0.15, 0.2) is 48.6 Å². The van der Waals surface area contributed by atoms with Crippen LogP contribution >= 0.6 is 0 Å². The average Bonchev–Trinajstić information content (AvgIpc) is 3.09. The first-order valence-corrected chi connectivity index (χ1v) is 21.3. The summed E-state index contributed by atoms with van der Waals surface area (Å²) in [4.78, 5) is 15.2. The lowest BCUT2D eigenvalue weighted by Gasteiger charge is -2.21. The molecular formula is C45H85N3O. The van der Waals surface area contributed by atoms with Gasteiger partial charge in [0.25, 0.3) is 0 Å². The molecule has 1 atom stereocenters. The SMILES string of the molecule is CCCCC/C=C\C/C=C\CCCCCCCCC(CCCCCCCC/C=C\C/C=C\CCCCC)NC(=O)C(N)CCCCN(C)C. The largest absolute Gasteiger partial charge is 0.352 e. The van der Waals surface area contributed by atoms with Gasteiger partial charge in [-0.1, -0.05) is 159 Å². The molecule has 0 radical (unpaired) electrons. The highest BCUT2D eigenvalue weighted by Crippen LogP contribution is 2.16. The van der Waals surface area contributed by atoms with E-state index in [1.807, 2.05) is 0 Å². The molecule has 0 bridgehead atoms. The van der Waals surface area contributed by atoms with Gasteiger partial charge in [-0.3, -0.25) is 4.79 Å². The Hall–Kier alpha value is -1.65. The molecule has 4 nitrogen and oxygen atoms in total. The van der Waals surface area contributed by atoms with Crippen molar-refractivity contribution in [3.63, 3.8) is 0 Å². The molecule has 3 N–H and O–H groups in total. The van der Waals surface area contributed by atoms with Crippen molar-refractivity contribution in [3.05, 3.63) is 48.6 Å². The van der Waals surface area contributed by atoms with Crippen LogP contribution in [-0.4, -0.2) is 43.5 Å². The van der Waals surface area contributed by atoms with Crippen molar-refractivity contribution in [2.75, 3.05) is 20.6 Å². The number of amides is 1. The lowest BCUT2D eigenvalue weighted by atomic mass is 9.99. The minimum atomic E-state index is -0.378. The molecule has 286 valence electrons. The van der Waals surface area contributed by atoms with Crippen LogP contribution in [0.25, 0.3) is 0 Å². The highest BCUT2D eigenvalue weighted by atomic mass is 16.2.